The van der Waals surface area contributed by atoms with Crippen molar-refractivity contribution in [2.75, 3.05) is 31.5 Å². The van der Waals surface area contributed by atoms with Crippen LogP contribution in [0.25, 0.3) is 0 Å². The van der Waals surface area contributed by atoms with Crippen LogP contribution in [0.3, 0.4) is 0 Å². The lowest BCUT2D eigenvalue weighted by atomic mass is 9.99. The molecule has 0 unspecified atom stereocenters. The maximum atomic E-state index is 12.2. The van der Waals surface area contributed by atoms with Gasteiger partial charge in [-0.05, 0) is 56.9 Å². The Morgan fingerprint density at radius 1 is 1.32 bits per heavy atom. The van der Waals surface area contributed by atoms with Crippen LogP contribution in [0.4, 0.5) is 23.7 Å². The van der Waals surface area contributed by atoms with Crippen LogP contribution in [0.1, 0.15) is 26.2 Å². The number of nitrogens with zero attached hydrogens (tertiary/aromatic N) is 1. The van der Waals surface area contributed by atoms with E-state index in [-0.39, 0.29) is 11.4 Å². The van der Waals surface area contributed by atoms with Crippen LogP contribution in [-0.4, -0.2) is 43.5 Å². The van der Waals surface area contributed by atoms with Crippen LogP contribution >= 0.6 is 0 Å². The van der Waals surface area contributed by atoms with Crippen molar-refractivity contribution in [2.45, 2.75) is 32.5 Å². The summed E-state index contributed by atoms with van der Waals surface area (Å²) >= 11 is 0. The third kappa shape index (κ3) is 7.64. The molecule has 1 aromatic carbocycles. The summed E-state index contributed by atoms with van der Waals surface area (Å²) in [5, 5.41) is 5.21. The summed E-state index contributed by atoms with van der Waals surface area (Å²) in [4.78, 5) is 14.2. The van der Waals surface area contributed by atoms with Crippen molar-refractivity contribution in [1.29, 1.82) is 0 Å². The molecule has 0 saturated carbocycles. The van der Waals surface area contributed by atoms with E-state index in [1.807, 2.05) is 0 Å². The Kier molecular flexibility index (Phi) is 6.92. The fraction of sp³-hybridized carbons (Fsp3) is 0.588. The quantitative estimate of drug-likeness (QED) is 0.759. The normalized spacial score (nSPS) is 16.5. The first-order valence-corrected chi connectivity index (χ1v) is 8.45. The van der Waals surface area contributed by atoms with Gasteiger partial charge >= 0.3 is 12.4 Å². The molecule has 1 aromatic rings. The van der Waals surface area contributed by atoms with Gasteiger partial charge in [0.15, 0.2) is 0 Å². The lowest BCUT2D eigenvalue weighted by Gasteiger charge is -2.30. The molecular formula is C17H24F3N3O2. The van der Waals surface area contributed by atoms with Crippen LogP contribution in [0.5, 0.6) is 5.75 Å². The molecule has 2 rings (SSSR count). The van der Waals surface area contributed by atoms with Crippen molar-refractivity contribution in [3.8, 4) is 5.75 Å². The first-order chi connectivity index (χ1) is 11.8. The number of hydrogen-bond donors (Lipinski definition) is 2. The molecule has 8 heteroatoms. The van der Waals surface area contributed by atoms with Gasteiger partial charge in [-0.1, -0.05) is 13.0 Å². The number of ether oxygens (including phenoxy) is 1. The number of carbonyl (C=O) groups is 1. The van der Waals surface area contributed by atoms with Crippen molar-refractivity contribution in [3.63, 3.8) is 0 Å². The van der Waals surface area contributed by atoms with Gasteiger partial charge in [0.1, 0.15) is 5.75 Å². The molecule has 25 heavy (non-hydrogen) atoms. The topological polar surface area (TPSA) is 53.6 Å². The van der Waals surface area contributed by atoms with Crippen molar-refractivity contribution < 1.29 is 22.7 Å². The first-order valence-electron chi connectivity index (χ1n) is 8.45. The lowest BCUT2D eigenvalue weighted by Crippen LogP contribution is -2.36. The molecule has 0 spiro atoms. The number of halogens is 3. The second-order valence-electron chi connectivity index (χ2n) is 6.33. The number of piperidine rings is 1. The number of carbonyl (C=O) groups excluding carboxylic acids is 1. The number of nitrogens with one attached hydrogen (secondary N) is 2. The second kappa shape index (κ2) is 8.94. The van der Waals surface area contributed by atoms with E-state index in [0.717, 1.165) is 38.0 Å². The number of amides is 2. The highest BCUT2D eigenvalue weighted by molar-refractivity contribution is 5.89. The van der Waals surface area contributed by atoms with E-state index >= 15 is 0 Å². The molecule has 1 heterocycles. The van der Waals surface area contributed by atoms with Crippen LogP contribution in [0, 0.1) is 5.92 Å². The van der Waals surface area contributed by atoms with Gasteiger partial charge in [0.05, 0.1) is 0 Å². The Balaban J connectivity index is 1.67. The standard InChI is InChI=1S/C17H24F3N3O2/c1-13-6-10-23(11-7-13)9-3-8-21-16(24)22-14-4-2-5-15(12-14)25-17(18,19)20/h2,4-5,12-13H,3,6-11H2,1H3,(H2,21,22,24). The fourth-order valence-electron chi connectivity index (χ4n) is 2.74. The molecule has 2 N–H and O–H groups in total. The van der Waals surface area contributed by atoms with Gasteiger partial charge in [-0.3, -0.25) is 0 Å². The summed E-state index contributed by atoms with van der Waals surface area (Å²) in [5.41, 5.74) is 0.240. The molecular weight excluding hydrogens is 335 g/mol. The van der Waals surface area contributed by atoms with Gasteiger partial charge in [0.25, 0.3) is 0 Å². The number of benzene rings is 1. The van der Waals surface area contributed by atoms with Crippen molar-refractivity contribution in [3.05, 3.63) is 24.3 Å². The molecule has 5 nitrogen and oxygen atoms in total. The minimum Gasteiger partial charge on any atom is -0.406 e. The maximum Gasteiger partial charge on any atom is 0.573 e. The molecule has 0 aromatic heterocycles. The van der Waals surface area contributed by atoms with E-state index in [4.69, 9.17) is 0 Å². The summed E-state index contributed by atoms with van der Waals surface area (Å²) in [7, 11) is 0. The largest absolute Gasteiger partial charge is 0.573 e. The number of anilines is 1. The summed E-state index contributed by atoms with van der Waals surface area (Å²) in [6, 6.07) is 4.74. The van der Waals surface area contributed by atoms with Gasteiger partial charge in [-0.2, -0.15) is 0 Å². The molecule has 0 aliphatic carbocycles. The van der Waals surface area contributed by atoms with Gasteiger partial charge < -0.3 is 20.3 Å². The zero-order valence-corrected chi connectivity index (χ0v) is 14.2. The Morgan fingerprint density at radius 2 is 2.04 bits per heavy atom. The highest BCUT2D eigenvalue weighted by Crippen LogP contribution is 2.25. The third-order valence-corrected chi connectivity index (χ3v) is 4.14. The minimum atomic E-state index is -4.76. The van der Waals surface area contributed by atoms with E-state index in [2.05, 4.69) is 27.2 Å². The molecule has 0 bridgehead atoms. The molecule has 2 amide bonds. The Bertz CT molecular complexity index is 558. The lowest BCUT2D eigenvalue weighted by molar-refractivity contribution is -0.274. The molecule has 140 valence electrons. The fourth-order valence-corrected chi connectivity index (χ4v) is 2.74. The van der Waals surface area contributed by atoms with E-state index in [0.29, 0.717) is 6.54 Å². The van der Waals surface area contributed by atoms with E-state index in [1.54, 1.807) is 0 Å². The molecule has 1 saturated heterocycles. The smallest absolute Gasteiger partial charge is 0.406 e. The maximum absolute atomic E-state index is 12.2. The Labute approximate surface area is 145 Å². The summed E-state index contributed by atoms with van der Waals surface area (Å²) < 4.78 is 40.4. The average molecular weight is 359 g/mol. The Morgan fingerprint density at radius 3 is 2.72 bits per heavy atom. The van der Waals surface area contributed by atoms with Crippen LogP contribution < -0.4 is 15.4 Å². The predicted octanol–water partition coefficient (Wildman–Crippen LogP) is 3.83. The van der Waals surface area contributed by atoms with Crippen molar-refractivity contribution in [2.24, 2.45) is 5.92 Å². The Hall–Kier alpha value is -1.96. The number of likely N-dealkylation sites (tertiary alicyclic amines) is 1. The number of urea groups is 1. The molecule has 0 radical (unpaired) electrons. The van der Waals surface area contributed by atoms with Crippen LogP contribution in [-0.2, 0) is 0 Å². The number of hydrogen-bond acceptors (Lipinski definition) is 3. The molecule has 1 fully saturated rings. The van der Waals surface area contributed by atoms with Gasteiger partial charge in [-0.25, -0.2) is 4.79 Å². The zero-order chi connectivity index (χ0) is 18.3. The molecule has 1 aliphatic rings. The van der Waals surface area contributed by atoms with E-state index in [1.165, 1.54) is 31.0 Å². The molecule has 0 atom stereocenters. The third-order valence-electron chi connectivity index (χ3n) is 4.14. The van der Waals surface area contributed by atoms with E-state index < -0.39 is 12.4 Å². The highest BCUT2D eigenvalue weighted by Gasteiger charge is 2.31. The van der Waals surface area contributed by atoms with Crippen LogP contribution in [0.15, 0.2) is 24.3 Å². The highest BCUT2D eigenvalue weighted by atomic mass is 19.4. The van der Waals surface area contributed by atoms with E-state index in [9.17, 15) is 18.0 Å². The monoisotopic (exact) mass is 359 g/mol. The van der Waals surface area contributed by atoms with Crippen LogP contribution in [0.2, 0.25) is 0 Å². The number of alkyl halides is 3. The van der Waals surface area contributed by atoms with Crippen molar-refractivity contribution >= 4 is 11.7 Å². The minimum absolute atomic E-state index is 0.240. The summed E-state index contributed by atoms with van der Waals surface area (Å²) in [5.74, 6) is 0.418. The van der Waals surface area contributed by atoms with Gasteiger partial charge in [0.2, 0.25) is 0 Å². The van der Waals surface area contributed by atoms with Gasteiger partial charge in [0, 0.05) is 18.3 Å². The summed E-state index contributed by atoms with van der Waals surface area (Å²) in [6.45, 7) is 5.90. The first kappa shape index (κ1) is 19.4. The SMILES string of the molecule is CC1CCN(CCCNC(=O)Nc2cccc(OC(F)(F)F)c2)CC1. The average Bonchev–Trinajstić information content (AvgIpc) is 2.52. The van der Waals surface area contributed by atoms with Gasteiger partial charge in [-0.15, -0.1) is 13.2 Å². The summed E-state index contributed by atoms with van der Waals surface area (Å²) in [6.07, 6.45) is -1.50. The predicted molar refractivity (Wildman–Crippen MR) is 89.6 cm³/mol. The number of rotatable bonds is 6. The van der Waals surface area contributed by atoms with Crippen molar-refractivity contribution in [1.82, 2.24) is 10.2 Å². The molecule has 1 aliphatic heterocycles. The second-order valence-corrected chi connectivity index (χ2v) is 6.33. The zero-order valence-electron chi connectivity index (χ0n) is 14.2.